The second kappa shape index (κ2) is 10.1. The first-order valence-corrected chi connectivity index (χ1v) is 9.69. The molecular weight excluding hydrogens is 376 g/mol. The van der Waals surface area contributed by atoms with E-state index in [0.717, 1.165) is 16.7 Å². The van der Waals surface area contributed by atoms with Gasteiger partial charge in [0.25, 0.3) is 5.91 Å². The van der Waals surface area contributed by atoms with Crippen molar-refractivity contribution in [3.8, 4) is 5.75 Å². The molecule has 0 spiro atoms. The molecule has 0 heterocycles. The Kier molecular flexibility index (Phi) is 7.88. The summed E-state index contributed by atoms with van der Waals surface area (Å²) in [5.74, 6) is 0.132. The first kappa shape index (κ1) is 21.8. The molecule has 2 rings (SSSR count). The van der Waals surface area contributed by atoms with E-state index in [0.29, 0.717) is 23.7 Å². The standard InChI is InChI=1S/C22H27ClN2O3/c1-5-20(22(27)24-4)25(13-17-8-6-15(2)7-9-17)21(26)14-28-18-10-11-19(23)16(3)12-18/h6-12,20H,5,13-14H2,1-4H3,(H,24,27). The summed E-state index contributed by atoms with van der Waals surface area (Å²) in [5, 5.41) is 3.29. The van der Waals surface area contributed by atoms with Crippen LogP contribution in [0.3, 0.4) is 0 Å². The van der Waals surface area contributed by atoms with Crippen molar-refractivity contribution >= 4 is 23.4 Å². The quantitative estimate of drug-likeness (QED) is 0.728. The summed E-state index contributed by atoms with van der Waals surface area (Å²) in [4.78, 5) is 26.9. The molecular formula is C22H27ClN2O3. The number of nitrogens with one attached hydrogen (secondary N) is 1. The highest BCUT2D eigenvalue weighted by Crippen LogP contribution is 2.21. The monoisotopic (exact) mass is 402 g/mol. The van der Waals surface area contributed by atoms with E-state index in [9.17, 15) is 9.59 Å². The Labute approximate surface area is 171 Å². The van der Waals surface area contributed by atoms with Gasteiger partial charge in [-0.2, -0.15) is 0 Å². The highest BCUT2D eigenvalue weighted by molar-refractivity contribution is 6.31. The van der Waals surface area contributed by atoms with E-state index in [2.05, 4.69) is 5.32 Å². The summed E-state index contributed by atoms with van der Waals surface area (Å²) in [6.07, 6.45) is 0.511. The number of likely N-dealkylation sites (N-methyl/N-ethyl adjacent to an activating group) is 1. The van der Waals surface area contributed by atoms with Crippen LogP contribution in [0.1, 0.15) is 30.0 Å². The van der Waals surface area contributed by atoms with Crippen LogP contribution in [0.4, 0.5) is 0 Å². The molecule has 6 heteroatoms. The highest BCUT2D eigenvalue weighted by Gasteiger charge is 2.28. The van der Waals surface area contributed by atoms with Gasteiger partial charge >= 0.3 is 0 Å². The van der Waals surface area contributed by atoms with Crippen molar-refractivity contribution in [1.82, 2.24) is 10.2 Å². The molecule has 2 aromatic rings. The molecule has 0 aliphatic carbocycles. The molecule has 0 aliphatic rings. The van der Waals surface area contributed by atoms with E-state index in [-0.39, 0.29) is 18.4 Å². The molecule has 0 aliphatic heterocycles. The van der Waals surface area contributed by atoms with Gasteiger partial charge in [0, 0.05) is 18.6 Å². The minimum atomic E-state index is -0.561. The first-order chi connectivity index (χ1) is 13.3. The Bertz CT molecular complexity index is 821. The Morgan fingerprint density at radius 1 is 1.14 bits per heavy atom. The van der Waals surface area contributed by atoms with Crippen molar-refractivity contribution in [3.63, 3.8) is 0 Å². The zero-order chi connectivity index (χ0) is 20.7. The molecule has 2 amide bonds. The van der Waals surface area contributed by atoms with E-state index >= 15 is 0 Å². The average Bonchev–Trinajstić information content (AvgIpc) is 2.69. The lowest BCUT2D eigenvalue weighted by atomic mass is 10.1. The van der Waals surface area contributed by atoms with Gasteiger partial charge in [0.05, 0.1) is 0 Å². The summed E-state index contributed by atoms with van der Waals surface area (Å²) < 4.78 is 5.67. The van der Waals surface area contributed by atoms with Crippen LogP contribution in [0, 0.1) is 13.8 Å². The SMILES string of the molecule is CCC(C(=O)NC)N(Cc1ccc(C)cc1)C(=O)COc1ccc(Cl)c(C)c1. The zero-order valence-corrected chi connectivity index (χ0v) is 17.5. The molecule has 1 unspecified atom stereocenters. The van der Waals surface area contributed by atoms with Crippen LogP contribution in [0.5, 0.6) is 5.75 Å². The fourth-order valence-corrected chi connectivity index (χ4v) is 3.03. The van der Waals surface area contributed by atoms with Gasteiger partial charge in [0.15, 0.2) is 6.61 Å². The lowest BCUT2D eigenvalue weighted by molar-refractivity contribution is -0.142. The summed E-state index contributed by atoms with van der Waals surface area (Å²) >= 11 is 6.03. The minimum Gasteiger partial charge on any atom is -0.484 e. The molecule has 0 saturated carbocycles. The number of hydrogen-bond acceptors (Lipinski definition) is 3. The lowest BCUT2D eigenvalue weighted by Gasteiger charge is -2.30. The van der Waals surface area contributed by atoms with Crippen LogP contribution in [0.25, 0.3) is 0 Å². The molecule has 0 saturated heterocycles. The smallest absolute Gasteiger partial charge is 0.261 e. The molecule has 1 atom stereocenters. The zero-order valence-electron chi connectivity index (χ0n) is 16.8. The van der Waals surface area contributed by atoms with Crippen molar-refractivity contribution in [1.29, 1.82) is 0 Å². The fraction of sp³-hybridized carbons (Fsp3) is 0.364. The maximum atomic E-state index is 13.0. The molecule has 0 radical (unpaired) electrons. The third-order valence-electron chi connectivity index (χ3n) is 4.60. The van der Waals surface area contributed by atoms with Crippen LogP contribution in [0.2, 0.25) is 5.02 Å². The van der Waals surface area contributed by atoms with Crippen molar-refractivity contribution in [3.05, 3.63) is 64.2 Å². The van der Waals surface area contributed by atoms with Crippen LogP contribution in [-0.4, -0.2) is 36.4 Å². The third-order valence-corrected chi connectivity index (χ3v) is 5.02. The van der Waals surface area contributed by atoms with Crippen molar-refractivity contribution in [2.45, 2.75) is 39.8 Å². The number of benzene rings is 2. The molecule has 1 N–H and O–H groups in total. The number of halogens is 1. The normalized spacial score (nSPS) is 11.6. The van der Waals surface area contributed by atoms with Crippen molar-refractivity contribution < 1.29 is 14.3 Å². The Morgan fingerprint density at radius 2 is 1.82 bits per heavy atom. The summed E-state index contributed by atoms with van der Waals surface area (Å²) in [7, 11) is 1.58. The van der Waals surface area contributed by atoms with Crippen LogP contribution in [-0.2, 0) is 16.1 Å². The van der Waals surface area contributed by atoms with Gasteiger partial charge < -0.3 is 15.0 Å². The Hall–Kier alpha value is -2.53. The van der Waals surface area contributed by atoms with E-state index in [1.165, 1.54) is 0 Å². The summed E-state index contributed by atoms with van der Waals surface area (Å²) in [5.41, 5.74) is 2.98. The van der Waals surface area contributed by atoms with Crippen molar-refractivity contribution in [2.24, 2.45) is 0 Å². The lowest BCUT2D eigenvalue weighted by Crippen LogP contribution is -2.49. The largest absolute Gasteiger partial charge is 0.484 e. The number of rotatable bonds is 8. The number of ether oxygens (including phenoxy) is 1. The van der Waals surface area contributed by atoms with Gasteiger partial charge in [-0.25, -0.2) is 0 Å². The van der Waals surface area contributed by atoms with E-state index in [1.54, 1.807) is 30.1 Å². The van der Waals surface area contributed by atoms with Gasteiger partial charge in [-0.05, 0) is 49.6 Å². The number of carbonyl (C=O) groups is 2. The average molecular weight is 403 g/mol. The summed E-state index contributed by atoms with van der Waals surface area (Å²) in [6, 6.07) is 12.6. The maximum absolute atomic E-state index is 13.0. The molecule has 5 nitrogen and oxygen atoms in total. The van der Waals surface area contributed by atoms with Crippen LogP contribution >= 0.6 is 11.6 Å². The number of amides is 2. The second-order valence-electron chi connectivity index (χ2n) is 6.75. The molecule has 0 aromatic heterocycles. The molecule has 28 heavy (non-hydrogen) atoms. The molecule has 0 fully saturated rings. The fourth-order valence-electron chi connectivity index (χ4n) is 2.91. The van der Waals surface area contributed by atoms with Crippen LogP contribution < -0.4 is 10.1 Å². The Balaban J connectivity index is 2.18. The number of hydrogen-bond donors (Lipinski definition) is 1. The van der Waals surface area contributed by atoms with Gasteiger partial charge in [-0.3, -0.25) is 9.59 Å². The van der Waals surface area contributed by atoms with Gasteiger partial charge in [-0.1, -0.05) is 48.4 Å². The number of nitrogens with zero attached hydrogens (tertiary/aromatic N) is 1. The molecule has 0 bridgehead atoms. The highest BCUT2D eigenvalue weighted by atomic mass is 35.5. The first-order valence-electron chi connectivity index (χ1n) is 9.31. The van der Waals surface area contributed by atoms with Gasteiger partial charge in [0.1, 0.15) is 11.8 Å². The number of carbonyl (C=O) groups excluding carboxylic acids is 2. The van der Waals surface area contributed by atoms with E-state index < -0.39 is 6.04 Å². The van der Waals surface area contributed by atoms with E-state index in [4.69, 9.17) is 16.3 Å². The minimum absolute atomic E-state index is 0.152. The second-order valence-corrected chi connectivity index (χ2v) is 7.15. The molecule has 150 valence electrons. The van der Waals surface area contributed by atoms with Crippen LogP contribution in [0.15, 0.2) is 42.5 Å². The van der Waals surface area contributed by atoms with E-state index in [1.807, 2.05) is 45.0 Å². The molecule has 2 aromatic carbocycles. The van der Waals surface area contributed by atoms with Crippen molar-refractivity contribution in [2.75, 3.05) is 13.7 Å². The van der Waals surface area contributed by atoms with Gasteiger partial charge in [-0.15, -0.1) is 0 Å². The number of aryl methyl sites for hydroxylation is 2. The topological polar surface area (TPSA) is 58.6 Å². The third kappa shape index (κ3) is 5.73. The predicted octanol–water partition coefficient (Wildman–Crippen LogP) is 3.89. The predicted molar refractivity (Wildman–Crippen MR) is 112 cm³/mol. The summed E-state index contributed by atoms with van der Waals surface area (Å²) in [6.45, 7) is 5.96. The maximum Gasteiger partial charge on any atom is 0.261 e. The Morgan fingerprint density at radius 3 is 2.39 bits per heavy atom. The van der Waals surface area contributed by atoms with Gasteiger partial charge in [0.2, 0.25) is 5.91 Å².